The highest BCUT2D eigenvalue weighted by Gasteiger charge is 2.22. The number of hydrogen-bond donors (Lipinski definition) is 1. The first-order valence-electron chi connectivity index (χ1n) is 8.18. The van der Waals surface area contributed by atoms with E-state index in [-0.39, 0.29) is 6.04 Å². The predicted molar refractivity (Wildman–Crippen MR) is 93.3 cm³/mol. The molecular weight excluding hydrogens is 352 g/mol. The van der Waals surface area contributed by atoms with Crippen LogP contribution in [0.25, 0.3) is 0 Å². The van der Waals surface area contributed by atoms with Gasteiger partial charge in [-0.25, -0.2) is 13.1 Å². The summed E-state index contributed by atoms with van der Waals surface area (Å²) in [5.74, 6) is 1.35. The Morgan fingerprint density at radius 2 is 1.96 bits per heavy atom. The van der Waals surface area contributed by atoms with Crippen LogP contribution in [-0.4, -0.2) is 51.9 Å². The van der Waals surface area contributed by atoms with Gasteiger partial charge in [0.05, 0.1) is 24.5 Å². The minimum Gasteiger partial charge on any atom is -0.489 e. The highest BCUT2D eigenvalue weighted by molar-refractivity contribution is 7.88. The zero-order valence-corrected chi connectivity index (χ0v) is 15.3. The van der Waals surface area contributed by atoms with Gasteiger partial charge in [-0.3, -0.25) is 4.90 Å². The average Bonchev–Trinajstić information content (AvgIpc) is 2.73. The molecule has 6 nitrogen and oxygen atoms in total. The third-order valence-corrected chi connectivity index (χ3v) is 5.28. The zero-order valence-electron chi connectivity index (χ0n) is 13.8. The standard InChI is InChI=1S/C16H23ClN2O4S/c1-24(20,21)18-13-3-5-19(6-4-13)11-12-9-14(17)16-15(10-12)22-7-2-8-23-16/h9-10,13,18H,2-8,11H2,1H3. The summed E-state index contributed by atoms with van der Waals surface area (Å²) in [4.78, 5) is 2.30. The molecule has 1 saturated heterocycles. The Labute approximate surface area is 148 Å². The van der Waals surface area contributed by atoms with Gasteiger partial charge in [-0.1, -0.05) is 11.6 Å². The van der Waals surface area contributed by atoms with Gasteiger partial charge in [0.2, 0.25) is 10.0 Å². The Balaban J connectivity index is 1.61. The quantitative estimate of drug-likeness (QED) is 0.873. The second-order valence-electron chi connectivity index (χ2n) is 6.40. The van der Waals surface area contributed by atoms with Crippen LogP contribution >= 0.6 is 11.6 Å². The molecule has 0 bridgehead atoms. The number of likely N-dealkylation sites (tertiary alicyclic amines) is 1. The number of ether oxygens (including phenoxy) is 2. The van der Waals surface area contributed by atoms with Crippen LogP contribution in [0, 0.1) is 0 Å². The van der Waals surface area contributed by atoms with Crippen LogP contribution in [0.1, 0.15) is 24.8 Å². The fraction of sp³-hybridized carbons (Fsp3) is 0.625. The van der Waals surface area contributed by atoms with Crippen molar-refractivity contribution in [3.63, 3.8) is 0 Å². The SMILES string of the molecule is CS(=O)(=O)NC1CCN(Cc2cc(Cl)c3c(c2)OCCCO3)CC1. The molecule has 0 aromatic heterocycles. The molecule has 0 atom stereocenters. The molecule has 0 unspecified atom stereocenters. The molecule has 1 N–H and O–H groups in total. The summed E-state index contributed by atoms with van der Waals surface area (Å²) in [6.45, 7) is 3.71. The summed E-state index contributed by atoms with van der Waals surface area (Å²) in [7, 11) is -3.14. The molecule has 8 heteroatoms. The molecule has 2 aliphatic rings. The van der Waals surface area contributed by atoms with Crippen LogP contribution in [0.3, 0.4) is 0 Å². The van der Waals surface area contributed by atoms with Gasteiger partial charge >= 0.3 is 0 Å². The van der Waals surface area contributed by atoms with Crippen molar-refractivity contribution < 1.29 is 17.9 Å². The molecule has 2 aliphatic heterocycles. The van der Waals surface area contributed by atoms with Gasteiger partial charge in [0.15, 0.2) is 11.5 Å². The van der Waals surface area contributed by atoms with E-state index in [9.17, 15) is 8.42 Å². The summed E-state index contributed by atoms with van der Waals surface area (Å²) in [5, 5.41) is 0.582. The first-order chi connectivity index (χ1) is 11.4. The van der Waals surface area contributed by atoms with Crippen molar-refractivity contribution in [3.8, 4) is 11.5 Å². The van der Waals surface area contributed by atoms with E-state index >= 15 is 0 Å². The number of halogens is 1. The first-order valence-corrected chi connectivity index (χ1v) is 10.5. The Morgan fingerprint density at radius 1 is 1.25 bits per heavy atom. The van der Waals surface area contributed by atoms with Crippen molar-refractivity contribution in [2.75, 3.05) is 32.6 Å². The lowest BCUT2D eigenvalue weighted by molar-refractivity contribution is 0.199. The maximum atomic E-state index is 11.3. The maximum Gasteiger partial charge on any atom is 0.208 e. The van der Waals surface area contributed by atoms with Crippen LogP contribution in [0.5, 0.6) is 11.5 Å². The molecule has 134 valence electrons. The third kappa shape index (κ3) is 4.75. The van der Waals surface area contributed by atoms with Crippen LogP contribution < -0.4 is 14.2 Å². The minimum atomic E-state index is -3.14. The van der Waals surface area contributed by atoms with E-state index in [0.717, 1.165) is 44.5 Å². The minimum absolute atomic E-state index is 0.0311. The molecule has 0 saturated carbocycles. The summed E-state index contributed by atoms with van der Waals surface area (Å²) in [5.41, 5.74) is 1.08. The van der Waals surface area contributed by atoms with E-state index < -0.39 is 10.0 Å². The van der Waals surface area contributed by atoms with E-state index in [1.54, 1.807) is 0 Å². The second-order valence-corrected chi connectivity index (χ2v) is 8.58. The van der Waals surface area contributed by atoms with Gasteiger partial charge < -0.3 is 9.47 Å². The summed E-state index contributed by atoms with van der Waals surface area (Å²) in [6, 6.07) is 3.95. The molecule has 0 spiro atoms. The van der Waals surface area contributed by atoms with Crippen LogP contribution in [-0.2, 0) is 16.6 Å². The van der Waals surface area contributed by atoms with Gasteiger partial charge in [0, 0.05) is 32.1 Å². The van der Waals surface area contributed by atoms with Gasteiger partial charge in [-0.15, -0.1) is 0 Å². The smallest absolute Gasteiger partial charge is 0.208 e. The lowest BCUT2D eigenvalue weighted by Crippen LogP contribution is -2.43. The Kier molecular flexibility index (Phi) is 5.54. The first kappa shape index (κ1) is 17.8. The van der Waals surface area contributed by atoms with Gasteiger partial charge in [0.1, 0.15) is 0 Å². The molecule has 1 fully saturated rings. The largest absolute Gasteiger partial charge is 0.489 e. The maximum absolute atomic E-state index is 11.3. The summed E-state index contributed by atoms with van der Waals surface area (Å²) >= 11 is 6.33. The Morgan fingerprint density at radius 3 is 2.67 bits per heavy atom. The number of fused-ring (bicyclic) bond motifs is 1. The van der Waals surface area contributed by atoms with Crippen molar-refractivity contribution in [1.29, 1.82) is 0 Å². The number of nitrogens with zero attached hydrogens (tertiary/aromatic N) is 1. The zero-order chi connectivity index (χ0) is 17.2. The summed E-state index contributed by atoms with van der Waals surface area (Å²) in [6.07, 6.45) is 3.68. The van der Waals surface area contributed by atoms with Gasteiger partial charge in [-0.2, -0.15) is 0 Å². The predicted octanol–water partition coefficient (Wildman–Crippen LogP) is 2.01. The fourth-order valence-corrected chi connectivity index (χ4v) is 4.27. The number of hydrogen-bond acceptors (Lipinski definition) is 5. The number of sulfonamides is 1. The fourth-order valence-electron chi connectivity index (χ4n) is 3.15. The number of rotatable bonds is 4. The third-order valence-electron chi connectivity index (χ3n) is 4.24. The molecule has 0 radical (unpaired) electrons. The molecular formula is C16H23ClN2O4S. The molecule has 0 amide bonds. The number of nitrogens with one attached hydrogen (secondary N) is 1. The van der Waals surface area contributed by atoms with E-state index in [4.69, 9.17) is 21.1 Å². The molecule has 1 aromatic carbocycles. The van der Waals surface area contributed by atoms with E-state index in [2.05, 4.69) is 9.62 Å². The highest BCUT2D eigenvalue weighted by atomic mass is 35.5. The van der Waals surface area contributed by atoms with Crippen molar-refractivity contribution in [1.82, 2.24) is 9.62 Å². The topological polar surface area (TPSA) is 67.9 Å². The van der Waals surface area contributed by atoms with Crippen LogP contribution in [0.15, 0.2) is 12.1 Å². The monoisotopic (exact) mass is 374 g/mol. The molecule has 1 aromatic rings. The van der Waals surface area contributed by atoms with Crippen LogP contribution in [0.4, 0.5) is 0 Å². The molecule has 3 rings (SSSR count). The number of piperidine rings is 1. The normalized spacial score (nSPS) is 19.9. The van der Waals surface area contributed by atoms with Crippen molar-refractivity contribution in [3.05, 3.63) is 22.7 Å². The second kappa shape index (κ2) is 7.47. The van der Waals surface area contributed by atoms with Crippen LogP contribution in [0.2, 0.25) is 5.02 Å². The molecule has 0 aliphatic carbocycles. The van der Waals surface area contributed by atoms with Crippen molar-refractivity contribution in [2.24, 2.45) is 0 Å². The summed E-state index contributed by atoms with van der Waals surface area (Å²) < 4.78 is 36.7. The average molecular weight is 375 g/mol. The van der Waals surface area contributed by atoms with Crippen molar-refractivity contribution in [2.45, 2.75) is 31.8 Å². The van der Waals surface area contributed by atoms with Crippen molar-refractivity contribution >= 4 is 21.6 Å². The lowest BCUT2D eigenvalue weighted by atomic mass is 10.1. The van der Waals surface area contributed by atoms with E-state index in [0.29, 0.717) is 29.7 Å². The lowest BCUT2D eigenvalue weighted by Gasteiger charge is -2.32. The van der Waals surface area contributed by atoms with Gasteiger partial charge in [0.25, 0.3) is 0 Å². The van der Waals surface area contributed by atoms with E-state index in [1.165, 1.54) is 6.26 Å². The number of benzene rings is 1. The Bertz CT molecular complexity index is 688. The molecule has 24 heavy (non-hydrogen) atoms. The van der Waals surface area contributed by atoms with Gasteiger partial charge in [-0.05, 0) is 30.5 Å². The van der Waals surface area contributed by atoms with E-state index in [1.807, 2.05) is 12.1 Å². The Hall–Kier alpha value is -1.02. The molecule has 2 heterocycles. The highest BCUT2D eigenvalue weighted by Crippen LogP contribution is 2.38.